The molecule has 0 fully saturated rings. The number of nitrogens with two attached hydrogens (primary N) is 3. The fourth-order valence-electron chi connectivity index (χ4n) is 7.97. The first kappa shape index (κ1) is 73.6. The lowest BCUT2D eigenvalue weighted by Crippen LogP contribution is -2.16. The Balaban J connectivity index is 0.000000294. The molecular formula is C65H79N9O18. The number of nitrogens with one attached hydrogen (secondary N) is 3. The molecule has 1 atom stereocenters. The zero-order valence-electron chi connectivity index (χ0n) is 52.8. The van der Waals surface area contributed by atoms with Crippen molar-refractivity contribution in [3.8, 4) is 34.5 Å². The van der Waals surface area contributed by atoms with Crippen LogP contribution in [0.5, 0.6) is 34.5 Å². The second-order valence-corrected chi connectivity index (χ2v) is 21.0. The van der Waals surface area contributed by atoms with Gasteiger partial charge >= 0.3 is 17.1 Å². The molecule has 0 spiro atoms. The van der Waals surface area contributed by atoms with E-state index < -0.39 is 50.2 Å². The van der Waals surface area contributed by atoms with Crippen LogP contribution in [0.3, 0.4) is 0 Å². The van der Waals surface area contributed by atoms with Crippen LogP contribution in [-0.2, 0) is 0 Å². The Hall–Kier alpha value is -10.9. The third kappa shape index (κ3) is 22.9. The Morgan fingerprint density at radius 3 is 1.03 bits per heavy atom. The van der Waals surface area contributed by atoms with Crippen molar-refractivity contribution in [2.24, 2.45) is 17.2 Å². The Bertz CT molecular complexity index is 3590. The molecule has 27 heteroatoms. The lowest BCUT2D eigenvalue weighted by molar-refractivity contribution is -0.386. The topological polar surface area (TPSA) is 401 Å². The SMILES string of the molecule is CCCCCOc1cc(C(=O)Nc2ccc(C(N)=O)cc2OC(C)C)ccc1[N+](=O)[O-].CCCCOc1cc(C(N)=O)ccc1NC(=O)c1ccc([N+](=O)[O-])c(OC(C)C)c1.CCCCOc1cc(C(N)=O)ccc1NC(=O)c1ccc([N+](=O)[O-])c(OC(C)CC)c1. The van der Waals surface area contributed by atoms with Gasteiger partial charge in [0.1, 0.15) is 17.2 Å². The van der Waals surface area contributed by atoms with Crippen LogP contribution in [0.15, 0.2) is 109 Å². The van der Waals surface area contributed by atoms with Crippen molar-refractivity contribution in [1.82, 2.24) is 0 Å². The molecule has 492 valence electrons. The Morgan fingerprint density at radius 1 is 0.391 bits per heavy atom. The third-order valence-electron chi connectivity index (χ3n) is 12.9. The molecule has 6 aromatic rings. The molecule has 0 saturated carbocycles. The molecule has 6 amide bonds. The number of rotatable bonds is 32. The number of nitrogens with zero attached hydrogens (tertiary/aromatic N) is 3. The van der Waals surface area contributed by atoms with Crippen LogP contribution in [0.4, 0.5) is 34.1 Å². The fourth-order valence-corrected chi connectivity index (χ4v) is 7.97. The highest BCUT2D eigenvalue weighted by Crippen LogP contribution is 2.35. The molecule has 0 heterocycles. The molecule has 0 bridgehead atoms. The number of hydrogen-bond acceptors (Lipinski definition) is 18. The summed E-state index contributed by atoms with van der Waals surface area (Å²) in [5, 5.41) is 41.9. The number of unbranched alkanes of at least 4 members (excludes halogenated alkanes) is 4. The van der Waals surface area contributed by atoms with Crippen molar-refractivity contribution >= 4 is 69.6 Å². The van der Waals surface area contributed by atoms with Crippen LogP contribution in [0.2, 0.25) is 0 Å². The number of benzene rings is 6. The van der Waals surface area contributed by atoms with Crippen molar-refractivity contribution in [2.45, 2.75) is 132 Å². The number of ether oxygens (including phenoxy) is 6. The van der Waals surface area contributed by atoms with E-state index in [1.807, 2.05) is 27.7 Å². The van der Waals surface area contributed by atoms with Crippen LogP contribution in [-0.4, -0.2) is 88.3 Å². The fraction of sp³-hybridized carbons (Fsp3) is 0.354. The normalized spacial score (nSPS) is 10.9. The van der Waals surface area contributed by atoms with Crippen molar-refractivity contribution < 1.29 is 72.0 Å². The average molecular weight is 1270 g/mol. The zero-order valence-corrected chi connectivity index (χ0v) is 52.8. The lowest BCUT2D eigenvalue weighted by atomic mass is 10.1. The van der Waals surface area contributed by atoms with Gasteiger partial charge in [-0.2, -0.15) is 0 Å². The molecule has 0 saturated heterocycles. The summed E-state index contributed by atoms with van der Waals surface area (Å²) >= 11 is 0. The predicted molar refractivity (Wildman–Crippen MR) is 346 cm³/mol. The summed E-state index contributed by atoms with van der Waals surface area (Å²) < 4.78 is 33.8. The molecule has 1 unspecified atom stereocenters. The minimum atomic E-state index is -0.619. The lowest BCUT2D eigenvalue weighted by Gasteiger charge is -2.16. The average Bonchev–Trinajstić information content (AvgIpc) is 0.958. The second-order valence-electron chi connectivity index (χ2n) is 21.0. The maximum atomic E-state index is 12.8. The quantitative estimate of drug-likeness (QED) is 0.0130. The van der Waals surface area contributed by atoms with Gasteiger partial charge in [0, 0.05) is 69.8 Å². The van der Waals surface area contributed by atoms with Crippen molar-refractivity contribution in [3.05, 3.63) is 173 Å². The van der Waals surface area contributed by atoms with E-state index in [2.05, 4.69) is 16.0 Å². The Kier molecular flexibility index (Phi) is 29.3. The molecule has 6 aromatic carbocycles. The van der Waals surface area contributed by atoms with Crippen LogP contribution in [0.1, 0.15) is 176 Å². The van der Waals surface area contributed by atoms with Gasteiger partial charge < -0.3 is 61.6 Å². The van der Waals surface area contributed by atoms with Crippen molar-refractivity contribution in [1.29, 1.82) is 0 Å². The second kappa shape index (κ2) is 36.6. The molecule has 0 aromatic heterocycles. The molecular weight excluding hydrogens is 1190 g/mol. The first-order valence-corrected chi connectivity index (χ1v) is 29.7. The molecule has 0 aliphatic heterocycles. The summed E-state index contributed by atoms with van der Waals surface area (Å²) in [6.07, 6.45) is 6.00. The van der Waals surface area contributed by atoms with Gasteiger partial charge in [0.25, 0.3) is 17.7 Å². The number of nitro benzene ring substituents is 3. The number of carbonyl (C=O) groups excluding carboxylic acids is 6. The van der Waals surface area contributed by atoms with Crippen molar-refractivity contribution in [3.63, 3.8) is 0 Å². The van der Waals surface area contributed by atoms with Gasteiger partial charge in [-0.1, -0.05) is 53.4 Å². The van der Waals surface area contributed by atoms with Gasteiger partial charge in [-0.05, 0) is 133 Å². The highest BCUT2D eigenvalue weighted by molar-refractivity contribution is 6.08. The summed E-state index contributed by atoms with van der Waals surface area (Å²) in [5.74, 6) is -2.37. The first-order valence-electron chi connectivity index (χ1n) is 29.7. The maximum absolute atomic E-state index is 12.8. The van der Waals surface area contributed by atoms with Gasteiger partial charge in [-0.15, -0.1) is 0 Å². The first-order chi connectivity index (χ1) is 43.7. The number of anilines is 3. The summed E-state index contributed by atoms with van der Waals surface area (Å²) in [6, 6.07) is 25.2. The minimum Gasteiger partial charge on any atom is -0.491 e. The molecule has 6 rings (SSSR count). The van der Waals surface area contributed by atoms with E-state index in [0.717, 1.165) is 44.9 Å². The number of hydrogen-bond donors (Lipinski definition) is 6. The third-order valence-corrected chi connectivity index (χ3v) is 12.9. The highest BCUT2D eigenvalue weighted by Gasteiger charge is 2.24. The molecule has 0 aliphatic rings. The van der Waals surface area contributed by atoms with E-state index in [-0.39, 0.29) is 91.8 Å². The number of primary amides is 3. The van der Waals surface area contributed by atoms with Crippen molar-refractivity contribution in [2.75, 3.05) is 35.8 Å². The van der Waals surface area contributed by atoms with Crippen LogP contribution >= 0.6 is 0 Å². The van der Waals surface area contributed by atoms with Crippen LogP contribution in [0, 0.1) is 30.3 Å². The standard InChI is InChI=1S/2C22H27N3O6.C21H25N3O6/c1-4-5-6-11-30-20-13-16(8-10-18(20)25(28)29)22(27)24-17-9-7-15(21(23)26)12-19(17)31-14(2)3;1-4-6-11-30-19-12-15(21(23)26)7-9-17(19)24-22(27)16-8-10-18(25(28)29)20(13-16)31-14(3)5-2;1-4-5-10-29-18-11-14(20(22)25)6-8-16(18)23-21(26)15-7-9-17(24(27)28)19(12-15)30-13(2)3/h2*7-10,12-14H,4-6,11H2,1-3H3,(H2,23,26)(H,24,27);6-9,11-13H,4-5,10H2,1-3H3,(H2,22,25)(H,23,26). The summed E-state index contributed by atoms with van der Waals surface area (Å²) in [4.78, 5) is 105. The Morgan fingerprint density at radius 2 is 0.685 bits per heavy atom. The number of amides is 6. The summed E-state index contributed by atoms with van der Waals surface area (Å²) in [6.45, 7) is 18.0. The van der Waals surface area contributed by atoms with E-state index >= 15 is 0 Å². The number of nitro groups is 3. The number of carbonyl (C=O) groups is 6. The highest BCUT2D eigenvalue weighted by atomic mass is 16.6. The summed E-state index contributed by atoms with van der Waals surface area (Å²) in [7, 11) is 0. The molecule has 0 radical (unpaired) electrons. The van der Waals surface area contributed by atoms with Crippen LogP contribution < -0.4 is 61.6 Å². The Labute approximate surface area is 532 Å². The molecule has 0 aliphatic carbocycles. The van der Waals surface area contributed by atoms with Crippen LogP contribution in [0.25, 0.3) is 0 Å². The predicted octanol–water partition coefficient (Wildman–Crippen LogP) is 12.5. The van der Waals surface area contributed by atoms with Gasteiger partial charge in [0.05, 0.1) is 70.0 Å². The maximum Gasteiger partial charge on any atom is 0.310 e. The van der Waals surface area contributed by atoms with E-state index in [4.69, 9.17) is 45.6 Å². The molecule has 27 nitrogen and oxygen atoms in total. The largest absolute Gasteiger partial charge is 0.491 e. The smallest absolute Gasteiger partial charge is 0.310 e. The minimum absolute atomic E-state index is 0.00569. The molecule has 9 N–H and O–H groups in total. The van der Waals surface area contributed by atoms with Gasteiger partial charge in [0.2, 0.25) is 17.7 Å². The van der Waals surface area contributed by atoms with E-state index in [1.165, 1.54) is 109 Å². The van der Waals surface area contributed by atoms with Gasteiger partial charge in [-0.3, -0.25) is 59.1 Å². The van der Waals surface area contributed by atoms with E-state index in [9.17, 15) is 59.1 Å². The molecule has 92 heavy (non-hydrogen) atoms. The summed E-state index contributed by atoms with van der Waals surface area (Å²) in [5.41, 5.74) is 17.7. The van der Waals surface area contributed by atoms with E-state index in [1.54, 1.807) is 34.6 Å². The van der Waals surface area contributed by atoms with Gasteiger partial charge in [-0.25, -0.2) is 0 Å². The van der Waals surface area contributed by atoms with E-state index in [0.29, 0.717) is 54.8 Å². The zero-order chi connectivity index (χ0) is 68.2. The van der Waals surface area contributed by atoms with Gasteiger partial charge in [0.15, 0.2) is 17.2 Å². The monoisotopic (exact) mass is 1270 g/mol.